The molecule has 0 aromatic heterocycles. The van der Waals surface area contributed by atoms with E-state index < -0.39 is 0 Å². The molecule has 2 nitrogen and oxygen atoms in total. The quantitative estimate of drug-likeness (QED) is 0.812. The Balaban J connectivity index is 2.71. The van der Waals surface area contributed by atoms with Crippen LogP contribution in [0.2, 0.25) is 0 Å². The van der Waals surface area contributed by atoms with Gasteiger partial charge in [0.05, 0.1) is 14.2 Å². The van der Waals surface area contributed by atoms with Crippen molar-refractivity contribution in [2.75, 3.05) is 14.2 Å². The highest BCUT2D eigenvalue weighted by Crippen LogP contribution is 2.39. The van der Waals surface area contributed by atoms with Crippen LogP contribution in [-0.4, -0.2) is 14.2 Å². The van der Waals surface area contributed by atoms with Crippen molar-refractivity contribution in [1.82, 2.24) is 0 Å². The predicted octanol–water partition coefficient (Wildman–Crippen LogP) is 4.75. The molecule has 0 fully saturated rings. The summed E-state index contributed by atoms with van der Waals surface area (Å²) in [4.78, 5) is 0. The molecule has 100 valence electrons. The van der Waals surface area contributed by atoms with Crippen molar-refractivity contribution in [2.45, 2.75) is 13.8 Å². The molecular formula is C16H17BrO2. The first-order valence-electron chi connectivity index (χ1n) is 6.06. The van der Waals surface area contributed by atoms with E-state index in [0.717, 1.165) is 38.2 Å². The Bertz CT molecular complexity index is 606. The summed E-state index contributed by atoms with van der Waals surface area (Å²) < 4.78 is 12.0. The fourth-order valence-corrected chi connectivity index (χ4v) is 2.90. The van der Waals surface area contributed by atoms with Crippen molar-refractivity contribution in [1.29, 1.82) is 0 Å². The molecule has 0 bridgehead atoms. The third kappa shape index (κ3) is 2.61. The van der Waals surface area contributed by atoms with Crippen molar-refractivity contribution in [2.24, 2.45) is 0 Å². The number of hydrogen-bond donors (Lipinski definition) is 0. The zero-order valence-corrected chi connectivity index (χ0v) is 13.2. The van der Waals surface area contributed by atoms with Crippen LogP contribution >= 0.6 is 15.9 Å². The van der Waals surface area contributed by atoms with Gasteiger partial charge in [-0.2, -0.15) is 0 Å². The summed E-state index contributed by atoms with van der Waals surface area (Å²) >= 11 is 3.55. The maximum Gasteiger partial charge on any atom is 0.129 e. The van der Waals surface area contributed by atoms with Crippen LogP contribution in [0.3, 0.4) is 0 Å². The molecule has 19 heavy (non-hydrogen) atoms. The largest absolute Gasteiger partial charge is 0.496 e. The van der Waals surface area contributed by atoms with Crippen LogP contribution in [0.25, 0.3) is 11.1 Å². The number of methoxy groups -OCH3 is 2. The van der Waals surface area contributed by atoms with Crippen LogP contribution in [0.5, 0.6) is 11.5 Å². The Hall–Kier alpha value is -1.48. The lowest BCUT2D eigenvalue weighted by molar-refractivity contribution is 0.410. The molecule has 0 saturated heterocycles. The van der Waals surface area contributed by atoms with Gasteiger partial charge < -0.3 is 9.47 Å². The van der Waals surface area contributed by atoms with Crippen molar-refractivity contribution in [3.05, 3.63) is 45.9 Å². The molecule has 2 aromatic carbocycles. The van der Waals surface area contributed by atoms with Crippen molar-refractivity contribution in [3.63, 3.8) is 0 Å². The minimum absolute atomic E-state index is 0.886. The van der Waals surface area contributed by atoms with Gasteiger partial charge in [-0.3, -0.25) is 0 Å². The Labute approximate surface area is 122 Å². The average Bonchev–Trinajstić information content (AvgIpc) is 2.38. The average molecular weight is 321 g/mol. The molecular weight excluding hydrogens is 304 g/mol. The predicted molar refractivity (Wildman–Crippen MR) is 82.2 cm³/mol. The summed E-state index contributed by atoms with van der Waals surface area (Å²) in [5.41, 5.74) is 4.42. The van der Waals surface area contributed by atoms with Gasteiger partial charge in [0, 0.05) is 10.0 Å². The molecule has 0 spiro atoms. The Morgan fingerprint density at radius 3 is 2.32 bits per heavy atom. The number of halogens is 1. The van der Waals surface area contributed by atoms with E-state index in [9.17, 15) is 0 Å². The Kier molecular flexibility index (Phi) is 4.15. The zero-order chi connectivity index (χ0) is 14.0. The van der Waals surface area contributed by atoms with Gasteiger partial charge in [0.25, 0.3) is 0 Å². The molecule has 2 aromatic rings. The Morgan fingerprint density at radius 1 is 0.947 bits per heavy atom. The summed E-state index contributed by atoms with van der Waals surface area (Å²) in [6, 6.07) is 10.2. The highest BCUT2D eigenvalue weighted by atomic mass is 79.9. The molecule has 0 saturated carbocycles. The maximum atomic E-state index is 5.55. The van der Waals surface area contributed by atoms with Crippen LogP contribution in [0, 0.1) is 13.8 Å². The molecule has 0 atom stereocenters. The summed E-state index contributed by atoms with van der Waals surface area (Å²) in [5.74, 6) is 1.79. The van der Waals surface area contributed by atoms with E-state index in [-0.39, 0.29) is 0 Å². The van der Waals surface area contributed by atoms with Gasteiger partial charge in [0.15, 0.2) is 0 Å². The van der Waals surface area contributed by atoms with Crippen LogP contribution in [-0.2, 0) is 0 Å². The van der Waals surface area contributed by atoms with Crippen LogP contribution in [0.4, 0.5) is 0 Å². The third-order valence-electron chi connectivity index (χ3n) is 3.24. The molecule has 0 unspecified atom stereocenters. The van der Waals surface area contributed by atoms with Crippen LogP contribution < -0.4 is 9.47 Å². The van der Waals surface area contributed by atoms with E-state index >= 15 is 0 Å². The SMILES string of the molecule is COc1cccc(-c2cc(Br)cc(C)c2OC)c1C. The third-order valence-corrected chi connectivity index (χ3v) is 3.70. The lowest BCUT2D eigenvalue weighted by atomic mass is 9.97. The molecule has 3 heteroatoms. The lowest BCUT2D eigenvalue weighted by Crippen LogP contribution is -1.95. The second kappa shape index (κ2) is 5.66. The summed E-state index contributed by atoms with van der Waals surface area (Å²) in [5, 5.41) is 0. The standard InChI is InChI=1S/C16H17BrO2/c1-10-8-12(17)9-14(16(10)19-4)13-6-5-7-15(18-3)11(13)2/h5-9H,1-4H3. The van der Waals surface area contributed by atoms with Crippen molar-refractivity contribution in [3.8, 4) is 22.6 Å². The van der Waals surface area contributed by atoms with Gasteiger partial charge in [-0.05, 0) is 48.7 Å². The first-order chi connectivity index (χ1) is 9.08. The molecule has 0 N–H and O–H groups in total. The first kappa shape index (κ1) is 13.9. The van der Waals surface area contributed by atoms with Gasteiger partial charge in [0.1, 0.15) is 11.5 Å². The van der Waals surface area contributed by atoms with Gasteiger partial charge in [-0.15, -0.1) is 0 Å². The highest BCUT2D eigenvalue weighted by molar-refractivity contribution is 9.10. The second-order valence-corrected chi connectivity index (χ2v) is 5.35. The number of hydrogen-bond acceptors (Lipinski definition) is 2. The molecule has 0 aliphatic carbocycles. The summed E-state index contributed by atoms with van der Waals surface area (Å²) in [6.07, 6.45) is 0. The number of aryl methyl sites for hydroxylation is 1. The number of ether oxygens (including phenoxy) is 2. The maximum absolute atomic E-state index is 5.55. The minimum atomic E-state index is 0.886. The fourth-order valence-electron chi connectivity index (χ4n) is 2.33. The van der Waals surface area contributed by atoms with E-state index in [2.05, 4.69) is 41.1 Å². The van der Waals surface area contributed by atoms with Gasteiger partial charge in [-0.25, -0.2) is 0 Å². The lowest BCUT2D eigenvalue weighted by Gasteiger charge is -2.16. The monoisotopic (exact) mass is 320 g/mol. The van der Waals surface area contributed by atoms with Crippen molar-refractivity contribution >= 4 is 15.9 Å². The zero-order valence-electron chi connectivity index (χ0n) is 11.6. The summed E-state index contributed by atoms with van der Waals surface area (Å²) in [6.45, 7) is 4.10. The highest BCUT2D eigenvalue weighted by Gasteiger charge is 2.14. The molecule has 0 aliphatic heterocycles. The van der Waals surface area contributed by atoms with Gasteiger partial charge in [0.2, 0.25) is 0 Å². The van der Waals surface area contributed by atoms with E-state index in [0.29, 0.717) is 0 Å². The fraction of sp³-hybridized carbons (Fsp3) is 0.250. The van der Waals surface area contributed by atoms with Crippen LogP contribution in [0.15, 0.2) is 34.8 Å². The molecule has 0 amide bonds. The van der Waals surface area contributed by atoms with Gasteiger partial charge >= 0.3 is 0 Å². The molecule has 0 aliphatic rings. The topological polar surface area (TPSA) is 18.5 Å². The van der Waals surface area contributed by atoms with E-state index in [1.54, 1.807) is 14.2 Å². The smallest absolute Gasteiger partial charge is 0.129 e. The first-order valence-corrected chi connectivity index (χ1v) is 6.86. The number of rotatable bonds is 3. The molecule has 2 rings (SSSR count). The normalized spacial score (nSPS) is 10.4. The van der Waals surface area contributed by atoms with E-state index in [1.807, 2.05) is 19.1 Å². The Morgan fingerprint density at radius 2 is 1.68 bits per heavy atom. The van der Waals surface area contributed by atoms with E-state index in [4.69, 9.17) is 9.47 Å². The summed E-state index contributed by atoms with van der Waals surface area (Å²) in [7, 11) is 3.39. The number of benzene rings is 2. The van der Waals surface area contributed by atoms with Crippen molar-refractivity contribution < 1.29 is 9.47 Å². The molecule has 0 radical (unpaired) electrons. The second-order valence-electron chi connectivity index (χ2n) is 4.44. The van der Waals surface area contributed by atoms with Gasteiger partial charge in [-0.1, -0.05) is 28.1 Å². The molecule has 0 heterocycles. The van der Waals surface area contributed by atoms with E-state index in [1.165, 1.54) is 0 Å². The minimum Gasteiger partial charge on any atom is -0.496 e. The van der Waals surface area contributed by atoms with Crippen LogP contribution in [0.1, 0.15) is 11.1 Å².